The van der Waals surface area contributed by atoms with Crippen molar-refractivity contribution in [2.75, 3.05) is 13.2 Å². The van der Waals surface area contributed by atoms with Crippen molar-refractivity contribution in [1.82, 2.24) is 10.3 Å². The predicted molar refractivity (Wildman–Crippen MR) is 70.7 cm³/mol. The number of aromatic nitrogens is 1. The number of nitrogens with zero attached hydrogens (tertiary/aromatic N) is 1. The standard InChI is InChI=1S/C14H22N2O2/c1-11(2)15-9-12-5-3-7-14(16-12)18-10-13-6-4-8-17-13/h3,5,7,11,13,15H,4,6,8-10H2,1-2H3. The van der Waals surface area contributed by atoms with Gasteiger partial charge in [0.05, 0.1) is 11.8 Å². The largest absolute Gasteiger partial charge is 0.475 e. The number of hydrogen-bond acceptors (Lipinski definition) is 4. The van der Waals surface area contributed by atoms with Crippen LogP contribution in [0.3, 0.4) is 0 Å². The van der Waals surface area contributed by atoms with Crippen LogP contribution in [0.4, 0.5) is 0 Å². The van der Waals surface area contributed by atoms with Gasteiger partial charge in [-0.05, 0) is 18.9 Å². The van der Waals surface area contributed by atoms with Crippen molar-refractivity contribution >= 4 is 0 Å². The first-order chi connectivity index (χ1) is 8.74. The molecule has 4 nitrogen and oxygen atoms in total. The van der Waals surface area contributed by atoms with Gasteiger partial charge in [0.2, 0.25) is 5.88 Å². The molecule has 100 valence electrons. The zero-order valence-electron chi connectivity index (χ0n) is 11.2. The maximum absolute atomic E-state index is 5.67. The van der Waals surface area contributed by atoms with Crippen LogP contribution in [0.15, 0.2) is 18.2 Å². The van der Waals surface area contributed by atoms with Crippen LogP contribution in [-0.4, -0.2) is 30.3 Å². The molecule has 0 spiro atoms. The van der Waals surface area contributed by atoms with E-state index in [1.165, 1.54) is 0 Å². The van der Waals surface area contributed by atoms with Crippen LogP contribution in [-0.2, 0) is 11.3 Å². The molecule has 18 heavy (non-hydrogen) atoms. The van der Waals surface area contributed by atoms with E-state index >= 15 is 0 Å². The molecule has 4 heteroatoms. The summed E-state index contributed by atoms with van der Waals surface area (Å²) in [6.45, 7) is 6.48. The quantitative estimate of drug-likeness (QED) is 0.840. The summed E-state index contributed by atoms with van der Waals surface area (Å²) in [5.74, 6) is 0.688. The van der Waals surface area contributed by atoms with Crippen LogP contribution >= 0.6 is 0 Å². The summed E-state index contributed by atoms with van der Waals surface area (Å²) >= 11 is 0. The lowest BCUT2D eigenvalue weighted by atomic mass is 10.2. The summed E-state index contributed by atoms with van der Waals surface area (Å²) in [4.78, 5) is 4.47. The summed E-state index contributed by atoms with van der Waals surface area (Å²) < 4.78 is 11.2. The van der Waals surface area contributed by atoms with Crippen LogP contribution < -0.4 is 10.1 Å². The van der Waals surface area contributed by atoms with Crippen LogP contribution in [0.1, 0.15) is 32.4 Å². The molecule has 1 saturated heterocycles. The number of ether oxygens (including phenoxy) is 2. The highest BCUT2D eigenvalue weighted by atomic mass is 16.5. The van der Waals surface area contributed by atoms with E-state index in [1.807, 2.05) is 18.2 Å². The Morgan fingerprint density at radius 1 is 1.50 bits per heavy atom. The predicted octanol–water partition coefficient (Wildman–Crippen LogP) is 2.14. The van der Waals surface area contributed by atoms with Gasteiger partial charge in [-0.2, -0.15) is 0 Å². The molecule has 0 aliphatic carbocycles. The number of rotatable bonds is 6. The maximum Gasteiger partial charge on any atom is 0.213 e. The van der Waals surface area contributed by atoms with E-state index in [2.05, 4.69) is 24.1 Å². The van der Waals surface area contributed by atoms with Gasteiger partial charge in [0, 0.05) is 25.3 Å². The lowest BCUT2D eigenvalue weighted by molar-refractivity contribution is 0.0662. The van der Waals surface area contributed by atoms with Gasteiger partial charge in [0.25, 0.3) is 0 Å². The first-order valence-corrected chi connectivity index (χ1v) is 6.68. The Hall–Kier alpha value is -1.13. The molecule has 1 aromatic rings. The zero-order chi connectivity index (χ0) is 12.8. The summed E-state index contributed by atoms with van der Waals surface area (Å²) in [7, 11) is 0. The molecule has 2 rings (SSSR count). The van der Waals surface area contributed by atoms with E-state index in [1.54, 1.807) is 0 Å². The molecule has 0 aromatic carbocycles. The fourth-order valence-corrected chi connectivity index (χ4v) is 1.90. The van der Waals surface area contributed by atoms with E-state index in [0.29, 0.717) is 18.5 Å². The van der Waals surface area contributed by atoms with Crippen molar-refractivity contribution in [2.45, 2.75) is 45.4 Å². The minimum Gasteiger partial charge on any atom is -0.475 e. The van der Waals surface area contributed by atoms with E-state index < -0.39 is 0 Å². The Labute approximate surface area is 109 Å². The molecule has 0 saturated carbocycles. The second-order valence-corrected chi connectivity index (χ2v) is 4.95. The molecule has 1 aromatic heterocycles. The third kappa shape index (κ3) is 4.27. The summed E-state index contributed by atoms with van der Waals surface area (Å²) in [5, 5.41) is 3.34. The summed E-state index contributed by atoms with van der Waals surface area (Å²) in [6, 6.07) is 6.35. The van der Waals surface area contributed by atoms with Gasteiger partial charge in [-0.1, -0.05) is 19.9 Å². The molecular formula is C14H22N2O2. The average Bonchev–Trinajstić information content (AvgIpc) is 2.87. The van der Waals surface area contributed by atoms with Crippen molar-refractivity contribution < 1.29 is 9.47 Å². The van der Waals surface area contributed by atoms with Crippen molar-refractivity contribution in [3.63, 3.8) is 0 Å². The van der Waals surface area contributed by atoms with Gasteiger partial charge < -0.3 is 14.8 Å². The first kappa shape index (κ1) is 13.3. The van der Waals surface area contributed by atoms with Gasteiger partial charge in [-0.15, -0.1) is 0 Å². The summed E-state index contributed by atoms with van der Waals surface area (Å²) in [5.41, 5.74) is 1.01. The normalized spacial score (nSPS) is 19.4. The molecule has 0 amide bonds. The average molecular weight is 250 g/mol. The Morgan fingerprint density at radius 3 is 3.11 bits per heavy atom. The lowest BCUT2D eigenvalue weighted by Crippen LogP contribution is -2.22. The van der Waals surface area contributed by atoms with Crippen LogP contribution in [0.2, 0.25) is 0 Å². The van der Waals surface area contributed by atoms with E-state index in [-0.39, 0.29) is 6.10 Å². The highest BCUT2D eigenvalue weighted by Crippen LogP contribution is 2.14. The molecule has 2 heterocycles. The van der Waals surface area contributed by atoms with E-state index in [9.17, 15) is 0 Å². The highest BCUT2D eigenvalue weighted by Gasteiger charge is 2.16. The Bertz CT molecular complexity index is 363. The molecule has 0 radical (unpaired) electrons. The molecule has 1 N–H and O–H groups in total. The Morgan fingerprint density at radius 2 is 2.39 bits per heavy atom. The minimum atomic E-state index is 0.240. The first-order valence-electron chi connectivity index (χ1n) is 6.68. The fraction of sp³-hybridized carbons (Fsp3) is 0.643. The molecule has 1 aliphatic rings. The topological polar surface area (TPSA) is 43.4 Å². The number of nitrogens with one attached hydrogen (secondary N) is 1. The van der Waals surface area contributed by atoms with Gasteiger partial charge in [-0.25, -0.2) is 4.98 Å². The van der Waals surface area contributed by atoms with E-state index in [0.717, 1.165) is 31.7 Å². The van der Waals surface area contributed by atoms with E-state index in [4.69, 9.17) is 9.47 Å². The Kier molecular flexibility index (Phi) is 4.96. The van der Waals surface area contributed by atoms with Crippen molar-refractivity contribution in [3.05, 3.63) is 23.9 Å². The van der Waals surface area contributed by atoms with Crippen LogP contribution in [0.5, 0.6) is 5.88 Å². The van der Waals surface area contributed by atoms with Crippen LogP contribution in [0, 0.1) is 0 Å². The van der Waals surface area contributed by atoms with Crippen molar-refractivity contribution in [2.24, 2.45) is 0 Å². The maximum atomic E-state index is 5.67. The SMILES string of the molecule is CC(C)NCc1cccc(OCC2CCCO2)n1. The van der Waals surface area contributed by atoms with Gasteiger partial charge in [0.15, 0.2) is 0 Å². The molecule has 0 bridgehead atoms. The third-order valence-electron chi connectivity index (χ3n) is 2.91. The van der Waals surface area contributed by atoms with Crippen molar-refractivity contribution in [1.29, 1.82) is 0 Å². The molecule has 1 atom stereocenters. The van der Waals surface area contributed by atoms with Gasteiger partial charge >= 0.3 is 0 Å². The van der Waals surface area contributed by atoms with Gasteiger partial charge in [-0.3, -0.25) is 0 Å². The smallest absolute Gasteiger partial charge is 0.213 e. The van der Waals surface area contributed by atoms with Crippen molar-refractivity contribution in [3.8, 4) is 5.88 Å². The lowest BCUT2D eigenvalue weighted by Gasteiger charge is -2.12. The highest BCUT2D eigenvalue weighted by molar-refractivity contribution is 5.15. The monoisotopic (exact) mass is 250 g/mol. The zero-order valence-corrected chi connectivity index (χ0v) is 11.2. The third-order valence-corrected chi connectivity index (χ3v) is 2.91. The number of hydrogen-bond donors (Lipinski definition) is 1. The molecule has 1 unspecified atom stereocenters. The minimum absolute atomic E-state index is 0.240. The Balaban J connectivity index is 1.82. The molecular weight excluding hydrogens is 228 g/mol. The van der Waals surface area contributed by atoms with Gasteiger partial charge in [0.1, 0.15) is 6.61 Å². The molecule has 1 fully saturated rings. The second kappa shape index (κ2) is 6.71. The molecule has 1 aliphatic heterocycles. The second-order valence-electron chi connectivity index (χ2n) is 4.95. The summed E-state index contributed by atoms with van der Waals surface area (Å²) in [6.07, 6.45) is 2.47. The fourth-order valence-electron chi connectivity index (χ4n) is 1.90. The van der Waals surface area contributed by atoms with Crippen LogP contribution in [0.25, 0.3) is 0 Å². The number of pyridine rings is 1.